The lowest BCUT2D eigenvalue weighted by Crippen LogP contribution is -2.46. The molecule has 1 amide bonds. The van der Waals surface area contributed by atoms with Crippen molar-refractivity contribution in [2.75, 3.05) is 19.7 Å². The molecule has 2 aromatic rings. The number of nitrogens with zero attached hydrogens (tertiary/aromatic N) is 2. The fourth-order valence-corrected chi connectivity index (χ4v) is 2.67. The number of morpholine rings is 1. The third-order valence-corrected chi connectivity index (χ3v) is 3.85. The van der Waals surface area contributed by atoms with Crippen LogP contribution in [0.1, 0.15) is 22.7 Å². The molecular formula is C17H18N2O5. The van der Waals surface area contributed by atoms with Crippen molar-refractivity contribution in [2.45, 2.75) is 19.4 Å². The molecule has 1 N–H and O–H groups in total. The third kappa shape index (κ3) is 3.46. The number of benzene rings is 1. The maximum atomic E-state index is 12.7. The highest BCUT2D eigenvalue weighted by molar-refractivity contribution is 5.93. The van der Waals surface area contributed by atoms with E-state index in [4.69, 9.17) is 14.3 Å². The molecule has 1 saturated heterocycles. The lowest BCUT2D eigenvalue weighted by Gasteiger charge is -2.31. The number of aryl methyl sites for hydroxylation is 1. The van der Waals surface area contributed by atoms with E-state index in [9.17, 15) is 9.59 Å². The molecule has 0 saturated carbocycles. The summed E-state index contributed by atoms with van der Waals surface area (Å²) in [7, 11) is 0. The van der Waals surface area contributed by atoms with Gasteiger partial charge in [-0.1, -0.05) is 18.2 Å². The van der Waals surface area contributed by atoms with E-state index in [0.29, 0.717) is 24.8 Å². The number of carbonyl (C=O) groups is 2. The van der Waals surface area contributed by atoms with Gasteiger partial charge < -0.3 is 19.2 Å². The van der Waals surface area contributed by atoms with Gasteiger partial charge in [0.2, 0.25) is 5.89 Å². The molecule has 0 bridgehead atoms. The minimum absolute atomic E-state index is 0.128. The van der Waals surface area contributed by atoms with E-state index in [0.717, 1.165) is 5.56 Å². The molecule has 1 aromatic carbocycles. The van der Waals surface area contributed by atoms with Crippen molar-refractivity contribution in [2.24, 2.45) is 0 Å². The van der Waals surface area contributed by atoms with Crippen LogP contribution in [0.15, 0.2) is 34.7 Å². The number of hydrogen-bond donors (Lipinski definition) is 1. The Morgan fingerprint density at radius 2 is 2.08 bits per heavy atom. The number of amides is 1. The minimum Gasteiger partial charge on any atom is -0.481 e. The molecule has 2 heterocycles. The van der Waals surface area contributed by atoms with E-state index in [1.807, 2.05) is 30.3 Å². The van der Waals surface area contributed by atoms with Crippen LogP contribution in [-0.2, 0) is 9.53 Å². The second-order valence-electron chi connectivity index (χ2n) is 5.63. The van der Waals surface area contributed by atoms with Gasteiger partial charge in [0, 0.05) is 18.7 Å². The molecule has 0 radical (unpaired) electrons. The summed E-state index contributed by atoms with van der Waals surface area (Å²) in [6.45, 7) is 2.65. The zero-order valence-electron chi connectivity index (χ0n) is 13.3. The van der Waals surface area contributed by atoms with Crippen molar-refractivity contribution in [3.05, 3.63) is 41.8 Å². The SMILES string of the molecule is Cc1oc(-c2ccccc2)nc1C(=O)N1CCOC(CC(=O)O)C1. The Bertz CT molecular complexity index is 741. The fourth-order valence-electron chi connectivity index (χ4n) is 2.67. The van der Waals surface area contributed by atoms with Gasteiger partial charge in [-0.25, -0.2) is 4.98 Å². The molecule has 1 unspecified atom stereocenters. The van der Waals surface area contributed by atoms with Crippen LogP contribution < -0.4 is 0 Å². The first kappa shape index (κ1) is 16.2. The minimum atomic E-state index is -0.946. The molecular weight excluding hydrogens is 312 g/mol. The Morgan fingerprint density at radius 1 is 1.33 bits per heavy atom. The molecule has 1 atom stereocenters. The Balaban J connectivity index is 1.77. The Labute approximate surface area is 138 Å². The molecule has 126 valence electrons. The summed E-state index contributed by atoms with van der Waals surface area (Å²) >= 11 is 0. The highest BCUT2D eigenvalue weighted by Gasteiger charge is 2.29. The van der Waals surface area contributed by atoms with Crippen molar-refractivity contribution in [3.63, 3.8) is 0 Å². The number of hydrogen-bond acceptors (Lipinski definition) is 5. The summed E-state index contributed by atoms with van der Waals surface area (Å²) < 4.78 is 11.0. The number of rotatable bonds is 4. The third-order valence-electron chi connectivity index (χ3n) is 3.85. The second-order valence-corrected chi connectivity index (χ2v) is 5.63. The first-order valence-electron chi connectivity index (χ1n) is 7.70. The summed E-state index contributed by atoms with van der Waals surface area (Å²) in [4.78, 5) is 29.4. The maximum Gasteiger partial charge on any atom is 0.306 e. The average molecular weight is 330 g/mol. The molecule has 1 fully saturated rings. The monoisotopic (exact) mass is 330 g/mol. The van der Waals surface area contributed by atoms with Crippen LogP contribution in [0.5, 0.6) is 0 Å². The molecule has 1 aliphatic heterocycles. The lowest BCUT2D eigenvalue weighted by molar-refractivity contribution is -0.141. The van der Waals surface area contributed by atoms with E-state index in [1.165, 1.54) is 0 Å². The molecule has 0 spiro atoms. The number of carboxylic acids is 1. The summed E-state index contributed by atoms with van der Waals surface area (Å²) in [5.41, 5.74) is 1.05. The first-order valence-corrected chi connectivity index (χ1v) is 7.70. The Kier molecular flexibility index (Phi) is 4.61. The molecule has 1 aromatic heterocycles. The van der Waals surface area contributed by atoms with Gasteiger partial charge >= 0.3 is 5.97 Å². The number of aromatic nitrogens is 1. The van der Waals surface area contributed by atoms with E-state index < -0.39 is 12.1 Å². The number of ether oxygens (including phenoxy) is 1. The largest absolute Gasteiger partial charge is 0.481 e. The smallest absolute Gasteiger partial charge is 0.306 e. The average Bonchev–Trinajstić information content (AvgIpc) is 2.96. The summed E-state index contributed by atoms with van der Waals surface area (Å²) in [6, 6.07) is 9.35. The summed E-state index contributed by atoms with van der Waals surface area (Å²) in [5.74, 6) is -0.373. The zero-order chi connectivity index (χ0) is 17.1. The number of aliphatic carboxylic acids is 1. The van der Waals surface area contributed by atoms with Gasteiger partial charge in [-0.2, -0.15) is 0 Å². The van der Waals surface area contributed by atoms with Crippen LogP contribution in [0, 0.1) is 6.92 Å². The van der Waals surface area contributed by atoms with Crippen LogP contribution >= 0.6 is 0 Å². The topological polar surface area (TPSA) is 92.9 Å². The maximum absolute atomic E-state index is 12.7. The highest BCUT2D eigenvalue weighted by atomic mass is 16.5. The van der Waals surface area contributed by atoms with E-state index >= 15 is 0 Å². The van der Waals surface area contributed by atoms with Crippen LogP contribution in [0.2, 0.25) is 0 Å². The lowest BCUT2D eigenvalue weighted by atomic mass is 10.2. The Morgan fingerprint density at radius 3 is 2.79 bits per heavy atom. The molecule has 1 aliphatic rings. The van der Waals surface area contributed by atoms with Crippen LogP contribution in [-0.4, -0.2) is 52.7 Å². The number of carbonyl (C=O) groups excluding carboxylic acids is 1. The summed E-state index contributed by atoms with van der Waals surface area (Å²) in [5, 5.41) is 8.87. The fraction of sp³-hybridized carbons (Fsp3) is 0.353. The predicted octanol–water partition coefficient (Wildman–Crippen LogP) is 1.97. The van der Waals surface area contributed by atoms with Crippen molar-refractivity contribution < 1.29 is 23.8 Å². The van der Waals surface area contributed by atoms with Crippen LogP contribution in [0.4, 0.5) is 0 Å². The molecule has 7 nitrogen and oxygen atoms in total. The van der Waals surface area contributed by atoms with Crippen LogP contribution in [0.25, 0.3) is 11.5 Å². The number of oxazole rings is 1. The van der Waals surface area contributed by atoms with Gasteiger partial charge in [-0.05, 0) is 19.1 Å². The molecule has 0 aliphatic carbocycles. The van der Waals surface area contributed by atoms with Gasteiger partial charge in [0.25, 0.3) is 5.91 Å². The van der Waals surface area contributed by atoms with E-state index in [-0.39, 0.29) is 24.6 Å². The molecule has 3 rings (SSSR count). The first-order chi connectivity index (χ1) is 11.5. The van der Waals surface area contributed by atoms with E-state index in [2.05, 4.69) is 4.98 Å². The predicted molar refractivity (Wildman–Crippen MR) is 84.6 cm³/mol. The normalized spacial score (nSPS) is 17.7. The Hall–Kier alpha value is -2.67. The van der Waals surface area contributed by atoms with E-state index in [1.54, 1.807) is 11.8 Å². The molecule has 7 heteroatoms. The van der Waals surface area contributed by atoms with Crippen molar-refractivity contribution >= 4 is 11.9 Å². The van der Waals surface area contributed by atoms with Gasteiger partial charge in [-0.15, -0.1) is 0 Å². The molecule has 24 heavy (non-hydrogen) atoms. The van der Waals surface area contributed by atoms with Gasteiger partial charge in [0.15, 0.2) is 5.69 Å². The quantitative estimate of drug-likeness (QED) is 0.921. The van der Waals surface area contributed by atoms with Crippen molar-refractivity contribution in [1.29, 1.82) is 0 Å². The van der Waals surface area contributed by atoms with Gasteiger partial charge in [0.05, 0.1) is 19.1 Å². The standard InChI is InChI=1S/C17H18N2O5/c1-11-15(18-16(24-11)12-5-3-2-4-6-12)17(22)19-7-8-23-13(10-19)9-14(20)21/h2-6,13H,7-10H2,1H3,(H,20,21). The van der Waals surface area contributed by atoms with Crippen molar-refractivity contribution in [3.8, 4) is 11.5 Å². The summed E-state index contributed by atoms with van der Waals surface area (Å²) in [6.07, 6.45) is -0.627. The van der Waals surface area contributed by atoms with Crippen molar-refractivity contribution in [1.82, 2.24) is 9.88 Å². The van der Waals surface area contributed by atoms with Gasteiger partial charge in [0.1, 0.15) is 5.76 Å². The zero-order valence-corrected chi connectivity index (χ0v) is 13.3. The van der Waals surface area contributed by atoms with Crippen LogP contribution in [0.3, 0.4) is 0 Å². The number of carboxylic acid groups (broad SMARTS) is 1. The second kappa shape index (κ2) is 6.84. The van der Waals surface area contributed by atoms with Gasteiger partial charge in [-0.3, -0.25) is 9.59 Å². The highest BCUT2D eigenvalue weighted by Crippen LogP contribution is 2.23.